The first-order valence-corrected chi connectivity index (χ1v) is 7.86. The summed E-state index contributed by atoms with van der Waals surface area (Å²) in [6, 6.07) is 0. The second-order valence-electron chi connectivity index (χ2n) is 5.08. The monoisotopic (exact) mass is 272 g/mol. The van der Waals surface area contributed by atoms with Crippen molar-refractivity contribution in [3.8, 4) is 0 Å². The van der Waals surface area contributed by atoms with E-state index in [9.17, 15) is 4.79 Å². The third-order valence-electron chi connectivity index (χ3n) is 4.11. The summed E-state index contributed by atoms with van der Waals surface area (Å²) >= 11 is 3.50. The Kier molecular flexibility index (Phi) is 2.06. The molecule has 2 aliphatic carbocycles. The van der Waals surface area contributed by atoms with Gasteiger partial charge in [-0.15, -0.1) is 28.4 Å². The van der Waals surface area contributed by atoms with E-state index >= 15 is 0 Å². The number of carbonyl (C=O) groups is 1. The molecule has 0 saturated heterocycles. The summed E-state index contributed by atoms with van der Waals surface area (Å²) in [4.78, 5) is 13.2. The van der Waals surface area contributed by atoms with Crippen LogP contribution in [0.1, 0.15) is 41.4 Å². The van der Waals surface area contributed by atoms with Crippen LogP contribution in [0.25, 0.3) is 21.2 Å². The van der Waals surface area contributed by atoms with Gasteiger partial charge in [0.2, 0.25) is 0 Å². The van der Waals surface area contributed by atoms with E-state index in [1.54, 1.807) is 22.7 Å². The summed E-state index contributed by atoms with van der Waals surface area (Å²) in [7, 11) is 0. The highest BCUT2D eigenvalue weighted by Crippen LogP contribution is 2.46. The van der Waals surface area contributed by atoms with Crippen LogP contribution in [-0.2, 0) is 0 Å². The number of carbonyl (C=O) groups excluding carboxylic acids is 1. The lowest BCUT2D eigenvalue weighted by molar-refractivity contribution is 0.0940. The number of ketones is 1. The van der Waals surface area contributed by atoms with E-state index in [0.29, 0.717) is 11.7 Å². The van der Waals surface area contributed by atoms with Gasteiger partial charge < -0.3 is 0 Å². The largest absolute Gasteiger partial charge is 0.293 e. The minimum atomic E-state index is 0.151. The van der Waals surface area contributed by atoms with E-state index < -0.39 is 0 Å². The minimum Gasteiger partial charge on any atom is -0.293 e. The average Bonchev–Trinajstić information content (AvgIpc) is 2.96. The van der Waals surface area contributed by atoms with Gasteiger partial charge in [0.05, 0.1) is 18.8 Å². The molecule has 1 nitrogen and oxygen atoms in total. The van der Waals surface area contributed by atoms with E-state index in [4.69, 9.17) is 0 Å². The Balaban J connectivity index is 2.19. The molecule has 2 atom stereocenters. The molecule has 3 heteroatoms. The Bertz CT molecular complexity index is 843. The van der Waals surface area contributed by atoms with Crippen molar-refractivity contribution >= 4 is 49.7 Å². The summed E-state index contributed by atoms with van der Waals surface area (Å²) in [5, 5.41) is 1.31. The minimum absolute atomic E-state index is 0.151. The number of thiophene rings is 2. The van der Waals surface area contributed by atoms with Crippen LogP contribution in [0.4, 0.5) is 0 Å². The van der Waals surface area contributed by atoms with Gasteiger partial charge in [0.1, 0.15) is 0 Å². The second-order valence-corrected chi connectivity index (χ2v) is 7.12. The Labute approximate surface area is 113 Å². The van der Waals surface area contributed by atoms with Crippen LogP contribution in [0.2, 0.25) is 0 Å². The molecule has 2 aromatic rings. The number of allylic oxidation sites excluding steroid dienone is 1. The Hall–Kier alpha value is -1.15. The molecule has 2 heterocycles. The predicted octanol–water partition coefficient (Wildman–Crippen LogP) is 3.02. The lowest BCUT2D eigenvalue weighted by Gasteiger charge is -2.07. The molecule has 18 heavy (non-hydrogen) atoms. The zero-order chi connectivity index (χ0) is 12.4. The van der Waals surface area contributed by atoms with Crippen LogP contribution >= 0.6 is 22.7 Å². The summed E-state index contributed by atoms with van der Waals surface area (Å²) < 4.78 is 3.89. The molecule has 2 unspecified atom stereocenters. The number of fused-ring (bicyclic) bond motifs is 5. The van der Waals surface area contributed by atoms with Gasteiger partial charge in [0.15, 0.2) is 5.78 Å². The van der Waals surface area contributed by atoms with Crippen molar-refractivity contribution in [3.05, 3.63) is 26.3 Å². The number of hydrogen-bond acceptors (Lipinski definition) is 3. The van der Waals surface area contributed by atoms with E-state index in [1.165, 1.54) is 24.7 Å². The first-order valence-electron chi connectivity index (χ1n) is 6.23. The molecule has 0 fully saturated rings. The van der Waals surface area contributed by atoms with Gasteiger partial charge in [-0.1, -0.05) is 19.9 Å². The quantitative estimate of drug-likeness (QED) is 0.720. The van der Waals surface area contributed by atoms with Gasteiger partial charge in [-0.2, -0.15) is 0 Å². The molecule has 2 aromatic heterocycles. The molecule has 0 N–H and O–H groups in total. The number of hydrogen-bond donors (Lipinski definition) is 0. The first-order chi connectivity index (χ1) is 8.68. The van der Waals surface area contributed by atoms with Gasteiger partial charge in [-0.05, 0) is 24.0 Å². The zero-order valence-corrected chi connectivity index (χ0v) is 11.9. The number of rotatable bonds is 0. The van der Waals surface area contributed by atoms with Crippen LogP contribution < -0.4 is 9.75 Å². The van der Waals surface area contributed by atoms with Crippen LogP contribution in [0.5, 0.6) is 0 Å². The van der Waals surface area contributed by atoms with Crippen molar-refractivity contribution < 1.29 is 4.79 Å². The molecule has 2 aliphatic rings. The molecule has 4 rings (SSSR count). The van der Waals surface area contributed by atoms with Gasteiger partial charge >= 0.3 is 0 Å². The maximum atomic E-state index is 12.2. The highest BCUT2D eigenvalue weighted by atomic mass is 32.1. The first kappa shape index (κ1) is 10.7. The Morgan fingerprint density at radius 3 is 2.89 bits per heavy atom. The topological polar surface area (TPSA) is 17.1 Å². The van der Waals surface area contributed by atoms with Crippen LogP contribution in [0, 0.1) is 5.92 Å². The molecule has 0 aromatic carbocycles. The highest BCUT2D eigenvalue weighted by molar-refractivity contribution is 7.28. The Morgan fingerprint density at radius 1 is 1.22 bits per heavy atom. The van der Waals surface area contributed by atoms with Crippen molar-refractivity contribution in [3.63, 3.8) is 0 Å². The molecule has 90 valence electrons. The van der Waals surface area contributed by atoms with Crippen molar-refractivity contribution in [1.29, 1.82) is 0 Å². The van der Waals surface area contributed by atoms with Gasteiger partial charge in [-0.25, -0.2) is 0 Å². The molecule has 0 saturated carbocycles. The van der Waals surface area contributed by atoms with Crippen LogP contribution in [0.3, 0.4) is 0 Å². The maximum Gasteiger partial charge on any atom is 0.176 e. The van der Waals surface area contributed by atoms with Crippen LogP contribution in [0.15, 0.2) is 6.08 Å². The third kappa shape index (κ3) is 1.15. The highest BCUT2D eigenvalue weighted by Gasteiger charge is 2.37. The molecular formula is C15H12OS2. The predicted molar refractivity (Wildman–Crippen MR) is 77.9 cm³/mol. The maximum absolute atomic E-state index is 12.2. The molecule has 0 spiro atoms. The smallest absolute Gasteiger partial charge is 0.176 e. The SMILES string of the molecule is CC1C(=O)c2sc3c4c(sc3c2C1C)=C=CCC=4. The molecule has 0 aliphatic heterocycles. The summed E-state index contributed by atoms with van der Waals surface area (Å²) in [5.74, 6) is 0.860. The summed E-state index contributed by atoms with van der Waals surface area (Å²) in [6.45, 7) is 4.24. The van der Waals surface area contributed by atoms with E-state index in [2.05, 4.69) is 31.7 Å². The van der Waals surface area contributed by atoms with Crippen LogP contribution in [-0.4, -0.2) is 5.78 Å². The number of Topliss-reactive ketones (excluding diaryl/α,β-unsaturated/α-hetero) is 1. The molecule has 0 bridgehead atoms. The lowest BCUT2D eigenvalue weighted by atomic mass is 9.96. The fraction of sp³-hybridized carbons (Fsp3) is 0.333. The van der Waals surface area contributed by atoms with Crippen molar-refractivity contribution in [2.24, 2.45) is 5.92 Å². The molecular weight excluding hydrogens is 260 g/mol. The van der Waals surface area contributed by atoms with E-state index in [0.717, 1.165) is 11.3 Å². The van der Waals surface area contributed by atoms with Crippen molar-refractivity contribution in [2.45, 2.75) is 26.2 Å². The standard InChI is InChI=1S/C15H12OS2/c1-7-8(2)12(16)14-11(7)15-13(18-14)9-5-3-4-6-10(9)17-15/h4-5,7-8H,3H2,1-2H3. The normalized spacial score (nSPS) is 24.9. The fourth-order valence-corrected chi connectivity index (χ4v) is 5.88. The zero-order valence-electron chi connectivity index (χ0n) is 10.2. The van der Waals surface area contributed by atoms with E-state index in [-0.39, 0.29) is 5.92 Å². The van der Waals surface area contributed by atoms with Gasteiger partial charge in [0.25, 0.3) is 0 Å². The fourth-order valence-electron chi connectivity index (χ4n) is 2.87. The second kappa shape index (κ2) is 3.45. The van der Waals surface area contributed by atoms with Gasteiger partial charge in [-0.3, -0.25) is 4.79 Å². The lowest BCUT2D eigenvalue weighted by Crippen LogP contribution is -2.18. The molecule has 0 radical (unpaired) electrons. The summed E-state index contributed by atoms with van der Waals surface area (Å²) in [6.07, 6.45) is 5.30. The third-order valence-corrected chi connectivity index (χ3v) is 6.66. The summed E-state index contributed by atoms with van der Waals surface area (Å²) in [5.41, 5.74) is 4.66. The van der Waals surface area contributed by atoms with Crippen molar-refractivity contribution in [1.82, 2.24) is 0 Å². The molecule has 0 amide bonds. The van der Waals surface area contributed by atoms with Gasteiger partial charge in [0, 0.05) is 11.1 Å². The Morgan fingerprint density at radius 2 is 2.06 bits per heavy atom. The van der Waals surface area contributed by atoms with E-state index in [1.807, 2.05) is 0 Å². The average molecular weight is 272 g/mol. The van der Waals surface area contributed by atoms with Crippen molar-refractivity contribution in [2.75, 3.05) is 0 Å².